The largest absolute Gasteiger partial charge is 0.497 e. The highest BCUT2D eigenvalue weighted by molar-refractivity contribution is 6.39. The molecule has 4 aromatic carbocycles. The molecule has 218 valence electrons. The number of amides is 2. The molecule has 0 atom stereocenters. The molecule has 0 bridgehead atoms. The first-order chi connectivity index (χ1) is 20.5. The van der Waals surface area contributed by atoms with E-state index in [2.05, 4.69) is 27.1 Å². The van der Waals surface area contributed by atoms with E-state index in [0.29, 0.717) is 52.8 Å². The fourth-order valence-corrected chi connectivity index (χ4v) is 4.90. The van der Waals surface area contributed by atoms with E-state index in [1.807, 2.05) is 42.5 Å². The SMILES string of the molecule is COc1cccc(Oc2ccc(ONC(=O)Nc3c(Cl)cccc3Cl)c(CNc3ccccc3N3CCOCC3)c2)c1. The number of carbonyl (C=O) groups excluding carboxylic acids is 1. The molecule has 0 aromatic heterocycles. The van der Waals surface area contributed by atoms with Gasteiger partial charge in [0.25, 0.3) is 0 Å². The van der Waals surface area contributed by atoms with Crippen molar-refractivity contribution in [3.8, 4) is 23.0 Å². The van der Waals surface area contributed by atoms with Gasteiger partial charge >= 0.3 is 6.03 Å². The number of ether oxygens (including phenoxy) is 3. The number of rotatable bonds is 10. The monoisotopic (exact) mass is 608 g/mol. The van der Waals surface area contributed by atoms with Crippen LogP contribution in [-0.4, -0.2) is 39.4 Å². The van der Waals surface area contributed by atoms with Crippen molar-refractivity contribution in [2.24, 2.45) is 0 Å². The lowest BCUT2D eigenvalue weighted by Crippen LogP contribution is -2.36. The van der Waals surface area contributed by atoms with E-state index >= 15 is 0 Å². The van der Waals surface area contributed by atoms with Crippen LogP contribution < -0.4 is 35.3 Å². The molecule has 42 heavy (non-hydrogen) atoms. The van der Waals surface area contributed by atoms with Crippen LogP contribution in [0.5, 0.6) is 23.0 Å². The quantitative estimate of drug-likeness (QED) is 0.162. The van der Waals surface area contributed by atoms with Gasteiger partial charge in [0.2, 0.25) is 0 Å². The van der Waals surface area contributed by atoms with E-state index < -0.39 is 6.03 Å². The lowest BCUT2D eigenvalue weighted by molar-refractivity contribution is 0.123. The van der Waals surface area contributed by atoms with Gasteiger partial charge < -0.3 is 34.6 Å². The van der Waals surface area contributed by atoms with Gasteiger partial charge in [0, 0.05) is 31.3 Å². The van der Waals surface area contributed by atoms with Gasteiger partial charge in [0.15, 0.2) is 5.75 Å². The third-order valence-electron chi connectivity index (χ3n) is 6.49. The second-order valence-corrected chi connectivity index (χ2v) is 10.1. The number of benzene rings is 4. The molecule has 0 spiro atoms. The van der Waals surface area contributed by atoms with Crippen LogP contribution in [0, 0.1) is 0 Å². The molecule has 1 fully saturated rings. The number of hydroxylamine groups is 1. The summed E-state index contributed by atoms with van der Waals surface area (Å²) in [6.07, 6.45) is 0. The third-order valence-corrected chi connectivity index (χ3v) is 7.12. The van der Waals surface area contributed by atoms with Crippen molar-refractivity contribution in [1.29, 1.82) is 0 Å². The summed E-state index contributed by atoms with van der Waals surface area (Å²) in [5.74, 6) is 2.31. The van der Waals surface area contributed by atoms with Crippen molar-refractivity contribution >= 4 is 46.3 Å². The van der Waals surface area contributed by atoms with Gasteiger partial charge in [-0.15, -0.1) is 0 Å². The van der Waals surface area contributed by atoms with E-state index in [1.54, 1.807) is 43.5 Å². The van der Waals surface area contributed by atoms with Gasteiger partial charge in [0.05, 0.1) is 47.4 Å². The third kappa shape index (κ3) is 7.50. The second kappa shape index (κ2) is 14.0. The van der Waals surface area contributed by atoms with Crippen molar-refractivity contribution < 1.29 is 23.8 Å². The highest BCUT2D eigenvalue weighted by Gasteiger charge is 2.16. The highest BCUT2D eigenvalue weighted by Crippen LogP contribution is 2.33. The smallest absolute Gasteiger partial charge is 0.352 e. The maximum absolute atomic E-state index is 12.6. The lowest BCUT2D eigenvalue weighted by atomic mass is 10.1. The maximum Gasteiger partial charge on any atom is 0.352 e. The van der Waals surface area contributed by atoms with E-state index in [0.717, 1.165) is 30.0 Å². The highest BCUT2D eigenvalue weighted by atomic mass is 35.5. The molecule has 5 rings (SSSR count). The molecule has 9 nitrogen and oxygen atoms in total. The minimum absolute atomic E-state index is 0.283. The van der Waals surface area contributed by atoms with E-state index in [4.69, 9.17) is 42.3 Å². The standard InChI is InChI=1S/C31H30Cl2N4O5/c1-39-22-6-4-7-23(19-22)41-24-12-13-29(42-36-31(38)35-30-25(32)8-5-9-26(30)33)21(18-24)20-34-27-10-2-3-11-28(27)37-14-16-40-17-15-37/h2-13,18-19,34H,14-17,20H2,1H3,(H2,35,36,38). The normalized spacial score (nSPS) is 12.8. The van der Waals surface area contributed by atoms with Gasteiger partial charge in [0.1, 0.15) is 17.2 Å². The zero-order valence-electron chi connectivity index (χ0n) is 22.9. The maximum atomic E-state index is 12.6. The zero-order valence-corrected chi connectivity index (χ0v) is 24.4. The second-order valence-electron chi connectivity index (χ2n) is 9.28. The lowest BCUT2D eigenvalue weighted by Gasteiger charge is -2.30. The minimum Gasteiger partial charge on any atom is -0.497 e. The molecule has 0 unspecified atom stereocenters. The predicted molar refractivity (Wildman–Crippen MR) is 166 cm³/mol. The Hall–Kier alpha value is -4.31. The Kier molecular flexibility index (Phi) is 9.76. The molecule has 11 heteroatoms. The molecule has 0 saturated carbocycles. The Bertz CT molecular complexity index is 1510. The fraction of sp³-hybridized carbons (Fsp3) is 0.194. The summed E-state index contributed by atoms with van der Waals surface area (Å²) in [6, 6.07) is 25.1. The first kappa shape index (κ1) is 29.2. The molecule has 1 aliphatic heterocycles. The average molecular weight is 610 g/mol. The minimum atomic E-state index is -0.640. The number of nitrogens with one attached hydrogen (secondary N) is 3. The van der Waals surface area contributed by atoms with E-state index in [1.165, 1.54) is 0 Å². The first-order valence-corrected chi connectivity index (χ1v) is 14.0. The number of methoxy groups -OCH3 is 1. The Balaban J connectivity index is 1.35. The van der Waals surface area contributed by atoms with Crippen molar-refractivity contribution in [2.75, 3.05) is 48.9 Å². The summed E-state index contributed by atoms with van der Waals surface area (Å²) in [5.41, 5.74) is 5.48. The van der Waals surface area contributed by atoms with Gasteiger partial charge in [-0.1, -0.05) is 47.5 Å². The van der Waals surface area contributed by atoms with Crippen LogP contribution in [0.25, 0.3) is 0 Å². The Morgan fingerprint density at radius 3 is 2.38 bits per heavy atom. The van der Waals surface area contributed by atoms with Crippen LogP contribution >= 0.6 is 23.2 Å². The van der Waals surface area contributed by atoms with Crippen molar-refractivity contribution in [1.82, 2.24) is 5.48 Å². The van der Waals surface area contributed by atoms with E-state index in [9.17, 15) is 4.79 Å². The van der Waals surface area contributed by atoms with Gasteiger partial charge in [-0.3, -0.25) is 0 Å². The van der Waals surface area contributed by atoms with Crippen LogP contribution in [0.2, 0.25) is 10.0 Å². The number of halogens is 2. The summed E-state index contributed by atoms with van der Waals surface area (Å²) in [4.78, 5) is 20.7. The molecular weight excluding hydrogens is 579 g/mol. The van der Waals surface area contributed by atoms with Crippen LogP contribution in [0.15, 0.2) is 84.9 Å². The molecule has 2 amide bonds. The summed E-state index contributed by atoms with van der Waals surface area (Å²) in [6.45, 7) is 3.37. The Morgan fingerprint density at radius 2 is 1.60 bits per heavy atom. The number of hydrogen-bond acceptors (Lipinski definition) is 7. The molecule has 1 saturated heterocycles. The fourth-order valence-electron chi connectivity index (χ4n) is 4.41. The molecule has 4 aromatic rings. The summed E-state index contributed by atoms with van der Waals surface area (Å²) < 4.78 is 16.9. The molecule has 1 heterocycles. The van der Waals surface area contributed by atoms with Gasteiger partial charge in [-0.2, -0.15) is 5.48 Å². The zero-order chi connectivity index (χ0) is 29.3. The summed E-state index contributed by atoms with van der Waals surface area (Å²) >= 11 is 12.4. The topological polar surface area (TPSA) is 93.3 Å². The number of morpholine rings is 1. The van der Waals surface area contributed by atoms with Crippen LogP contribution in [0.3, 0.4) is 0 Å². The Labute approximate surface area is 254 Å². The molecule has 3 N–H and O–H groups in total. The molecule has 1 aliphatic rings. The van der Waals surface area contributed by atoms with Crippen LogP contribution in [-0.2, 0) is 11.3 Å². The Morgan fingerprint density at radius 1 is 0.881 bits per heavy atom. The number of carbonyl (C=O) groups is 1. The van der Waals surface area contributed by atoms with Crippen molar-refractivity contribution in [3.05, 3.63) is 101 Å². The molecule has 0 aliphatic carbocycles. The molecular formula is C31H30Cl2N4O5. The number of anilines is 3. The van der Waals surface area contributed by atoms with Crippen molar-refractivity contribution in [2.45, 2.75) is 6.54 Å². The van der Waals surface area contributed by atoms with Crippen molar-refractivity contribution in [3.63, 3.8) is 0 Å². The molecule has 0 radical (unpaired) electrons. The predicted octanol–water partition coefficient (Wildman–Crippen LogP) is 7.36. The van der Waals surface area contributed by atoms with Gasteiger partial charge in [-0.05, 0) is 54.6 Å². The number of urea groups is 1. The first-order valence-electron chi connectivity index (χ1n) is 13.3. The number of hydrogen-bond donors (Lipinski definition) is 3. The number of nitrogens with zero attached hydrogens (tertiary/aromatic N) is 1. The van der Waals surface area contributed by atoms with E-state index in [-0.39, 0.29) is 5.69 Å². The summed E-state index contributed by atoms with van der Waals surface area (Å²) in [5, 5.41) is 6.75. The van der Waals surface area contributed by atoms with Gasteiger partial charge in [-0.25, -0.2) is 4.79 Å². The van der Waals surface area contributed by atoms with Crippen LogP contribution in [0.1, 0.15) is 5.56 Å². The number of para-hydroxylation sites is 3. The summed E-state index contributed by atoms with van der Waals surface area (Å²) in [7, 11) is 1.60. The average Bonchev–Trinajstić information content (AvgIpc) is 3.02. The van der Waals surface area contributed by atoms with Crippen LogP contribution in [0.4, 0.5) is 21.9 Å².